The largest absolute Gasteiger partial charge is 0.325 e. The molecular formula is C21H22ClN3O2S. The zero-order valence-electron chi connectivity index (χ0n) is 15.7. The van der Waals surface area contributed by atoms with E-state index in [9.17, 15) is 9.59 Å². The lowest BCUT2D eigenvalue weighted by atomic mass is 9.99. The zero-order chi connectivity index (χ0) is 20.1. The minimum atomic E-state index is -0.513. The molecule has 5 nitrogen and oxygen atoms in total. The summed E-state index contributed by atoms with van der Waals surface area (Å²) in [5.74, 6) is 0.0254. The van der Waals surface area contributed by atoms with E-state index in [0.717, 1.165) is 12.1 Å². The number of amides is 2. The van der Waals surface area contributed by atoms with Crippen LogP contribution in [0.25, 0.3) is 0 Å². The Morgan fingerprint density at radius 2 is 1.96 bits per heavy atom. The number of hydrogen-bond donors (Lipinski definition) is 2. The van der Waals surface area contributed by atoms with E-state index in [0.29, 0.717) is 21.8 Å². The van der Waals surface area contributed by atoms with Crippen LogP contribution in [0, 0.1) is 0 Å². The molecule has 1 aliphatic heterocycles. The van der Waals surface area contributed by atoms with Gasteiger partial charge < -0.3 is 10.6 Å². The van der Waals surface area contributed by atoms with Crippen molar-refractivity contribution in [3.8, 4) is 0 Å². The van der Waals surface area contributed by atoms with Gasteiger partial charge >= 0.3 is 0 Å². The lowest BCUT2D eigenvalue weighted by Gasteiger charge is -2.09. The Kier molecular flexibility index (Phi) is 6.75. The summed E-state index contributed by atoms with van der Waals surface area (Å²) in [4.78, 5) is 28.9. The maximum absolute atomic E-state index is 12.3. The number of hydrogen-bond acceptors (Lipinski definition) is 4. The highest BCUT2D eigenvalue weighted by atomic mass is 35.5. The molecule has 0 bridgehead atoms. The maximum Gasteiger partial charge on any atom is 0.240 e. The summed E-state index contributed by atoms with van der Waals surface area (Å²) in [6.07, 6.45) is 1.13. The third-order valence-corrected chi connectivity index (χ3v) is 6.01. The molecule has 1 saturated heterocycles. The minimum absolute atomic E-state index is 0.0493. The Balaban J connectivity index is 1.60. The van der Waals surface area contributed by atoms with Crippen molar-refractivity contribution in [2.24, 2.45) is 4.99 Å². The van der Waals surface area contributed by atoms with Crippen LogP contribution in [0.2, 0.25) is 5.02 Å². The monoisotopic (exact) mass is 415 g/mol. The van der Waals surface area contributed by atoms with Crippen molar-refractivity contribution in [1.29, 1.82) is 0 Å². The van der Waals surface area contributed by atoms with Gasteiger partial charge in [-0.05, 0) is 42.2 Å². The summed E-state index contributed by atoms with van der Waals surface area (Å²) < 4.78 is 0. The maximum atomic E-state index is 12.3. The Labute approximate surface area is 174 Å². The van der Waals surface area contributed by atoms with Crippen molar-refractivity contribution < 1.29 is 9.59 Å². The number of rotatable bonds is 6. The molecule has 7 heteroatoms. The fourth-order valence-electron chi connectivity index (χ4n) is 2.75. The van der Waals surface area contributed by atoms with E-state index in [4.69, 9.17) is 11.6 Å². The average molecular weight is 416 g/mol. The molecule has 0 radical (unpaired) electrons. The number of para-hydroxylation sites is 1. The Hall–Kier alpha value is -2.31. The van der Waals surface area contributed by atoms with Gasteiger partial charge in [0, 0.05) is 6.42 Å². The summed E-state index contributed by atoms with van der Waals surface area (Å²) in [6, 6.07) is 15.0. The third kappa shape index (κ3) is 5.14. The molecule has 2 amide bonds. The molecule has 0 aromatic heterocycles. The van der Waals surface area contributed by atoms with Crippen molar-refractivity contribution in [3.05, 3.63) is 59.1 Å². The predicted octanol–water partition coefficient (Wildman–Crippen LogP) is 5.10. The number of anilines is 1. The molecule has 146 valence electrons. The number of nitrogens with zero attached hydrogens (tertiary/aromatic N) is 1. The van der Waals surface area contributed by atoms with E-state index in [-0.39, 0.29) is 18.2 Å². The smallest absolute Gasteiger partial charge is 0.240 e. The molecular weight excluding hydrogens is 394 g/mol. The standard InChI is InChI=1S/C21H22ClN3O2S/c1-3-13(2)14-8-10-15(11-9-14)23-21-25-20(27)18(28-21)12-19(26)24-17-7-5-4-6-16(17)22/h4-11,13,18H,3,12H2,1-2H3,(H,24,26)(H,23,25,27)/t13-,18+/m0/s1. The second kappa shape index (κ2) is 9.26. The topological polar surface area (TPSA) is 70.6 Å². The van der Waals surface area contributed by atoms with Gasteiger partial charge in [-0.15, -0.1) is 0 Å². The van der Waals surface area contributed by atoms with E-state index >= 15 is 0 Å². The first kappa shape index (κ1) is 20.4. The van der Waals surface area contributed by atoms with Gasteiger partial charge in [-0.1, -0.05) is 61.5 Å². The van der Waals surface area contributed by atoms with Gasteiger partial charge in [-0.3, -0.25) is 9.59 Å². The summed E-state index contributed by atoms with van der Waals surface area (Å²) in [5.41, 5.74) is 2.58. The van der Waals surface area contributed by atoms with Gasteiger partial charge in [0.15, 0.2) is 5.17 Å². The molecule has 0 spiro atoms. The molecule has 2 aromatic carbocycles. The summed E-state index contributed by atoms with van der Waals surface area (Å²) >= 11 is 7.32. The summed E-state index contributed by atoms with van der Waals surface area (Å²) in [6.45, 7) is 4.34. The molecule has 2 N–H and O–H groups in total. The fourth-order valence-corrected chi connectivity index (χ4v) is 3.93. The molecule has 0 unspecified atom stereocenters. The van der Waals surface area contributed by atoms with Gasteiger partial charge in [0.2, 0.25) is 11.8 Å². The zero-order valence-corrected chi connectivity index (χ0v) is 17.3. The number of amidine groups is 1. The van der Waals surface area contributed by atoms with Crippen LogP contribution in [0.3, 0.4) is 0 Å². The molecule has 1 heterocycles. The average Bonchev–Trinajstić information content (AvgIpc) is 3.02. The Morgan fingerprint density at radius 1 is 1.25 bits per heavy atom. The predicted molar refractivity (Wildman–Crippen MR) is 116 cm³/mol. The second-order valence-corrected chi connectivity index (χ2v) is 8.24. The van der Waals surface area contributed by atoms with Gasteiger partial charge in [-0.25, -0.2) is 4.99 Å². The van der Waals surface area contributed by atoms with E-state index in [1.807, 2.05) is 12.1 Å². The Morgan fingerprint density at radius 3 is 2.64 bits per heavy atom. The quantitative estimate of drug-likeness (QED) is 0.689. The lowest BCUT2D eigenvalue weighted by molar-refractivity contribution is -0.122. The van der Waals surface area contributed by atoms with Crippen LogP contribution in [0.15, 0.2) is 53.5 Å². The van der Waals surface area contributed by atoms with Crippen LogP contribution < -0.4 is 10.6 Å². The number of aliphatic imine (C=N–C) groups is 1. The van der Waals surface area contributed by atoms with Crippen molar-refractivity contribution in [1.82, 2.24) is 5.32 Å². The molecule has 28 heavy (non-hydrogen) atoms. The van der Waals surface area contributed by atoms with Crippen LogP contribution in [-0.4, -0.2) is 22.2 Å². The van der Waals surface area contributed by atoms with Crippen molar-refractivity contribution >= 4 is 51.7 Å². The number of nitrogens with one attached hydrogen (secondary N) is 2. The molecule has 3 rings (SSSR count). The van der Waals surface area contributed by atoms with Crippen molar-refractivity contribution in [2.75, 3.05) is 5.32 Å². The van der Waals surface area contributed by atoms with Gasteiger partial charge in [0.05, 0.1) is 16.4 Å². The highest BCUT2D eigenvalue weighted by molar-refractivity contribution is 8.15. The molecule has 0 saturated carbocycles. The number of carbonyl (C=O) groups is 2. The van der Waals surface area contributed by atoms with Crippen LogP contribution in [0.5, 0.6) is 0 Å². The van der Waals surface area contributed by atoms with Crippen LogP contribution in [0.1, 0.15) is 38.2 Å². The first-order valence-electron chi connectivity index (χ1n) is 9.16. The van der Waals surface area contributed by atoms with E-state index < -0.39 is 5.25 Å². The van der Waals surface area contributed by atoms with Crippen LogP contribution in [-0.2, 0) is 9.59 Å². The lowest BCUT2D eigenvalue weighted by Crippen LogP contribution is -2.28. The van der Waals surface area contributed by atoms with Crippen LogP contribution >= 0.6 is 23.4 Å². The third-order valence-electron chi connectivity index (χ3n) is 4.60. The number of halogens is 1. The van der Waals surface area contributed by atoms with Gasteiger partial charge in [-0.2, -0.15) is 0 Å². The second-order valence-electron chi connectivity index (χ2n) is 6.65. The molecule has 2 atom stereocenters. The van der Waals surface area contributed by atoms with Crippen molar-refractivity contribution in [3.63, 3.8) is 0 Å². The fraction of sp³-hybridized carbons (Fsp3) is 0.286. The Bertz CT molecular complexity index is 899. The van der Waals surface area contributed by atoms with E-state index in [1.54, 1.807) is 24.3 Å². The van der Waals surface area contributed by atoms with E-state index in [1.165, 1.54) is 17.3 Å². The minimum Gasteiger partial charge on any atom is -0.325 e. The van der Waals surface area contributed by atoms with Gasteiger partial charge in [0.25, 0.3) is 0 Å². The van der Waals surface area contributed by atoms with Gasteiger partial charge in [0.1, 0.15) is 5.25 Å². The normalized spacial score (nSPS) is 18.8. The van der Waals surface area contributed by atoms with Crippen molar-refractivity contribution in [2.45, 2.75) is 37.9 Å². The summed E-state index contributed by atoms with van der Waals surface area (Å²) in [5, 5.41) is 5.95. The molecule has 1 fully saturated rings. The molecule has 1 aliphatic rings. The number of benzene rings is 2. The highest BCUT2D eigenvalue weighted by Gasteiger charge is 2.32. The number of carbonyl (C=O) groups excluding carboxylic acids is 2. The SMILES string of the molecule is CC[C@H](C)c1ccc(N=C2NC(=O)[C@@H](CC(=O)Nc3ccccc3Cl)S2)cc1. The first-order valence-corrected chi connectivity index (χ1v) is 10.4. The first-order chi connectivity index (χ1) is 13.5. The summed E-state index contributed by atoms with van der Waals surface area (Å²) in [7, 11) is 0. The molecule has 0 aliphatic carbocycles. The highest BCUT2D eigenvalue weighted by Crippen LogP contribution is 2.27. The molecule has 2 aromatic rings. The van der Waals surface area contributed by atoms with E-state index in [2.05, 4.69) is 41.6 Å². The number of thioether (sulfide) groups is 1. The van der Waals surface area contributed by atoms with Crippen LogP contribution in [0.4, 0.5) is 11.4 Å².